The SMILES string of the molecule is Cc1ccc(C(N)=S)c(N2CCOCC2)n1. The number of morpholine rings is 1. The first-order valence-corrected chi connectivity index (χ1v) is 5.69. The van der Waals surface area contributed by atoms with Gasteiger partial charge >= 0.3 is 0 Å². The van der Waals surface area contributed by atoms with Crippen LogP contribution in [0.5, 0.6) is 0 Å². The molecule has 2 rings (SSSR count). The van der Waals surface area contributed by atoms with Crippen molar-refractivity contribution < 1.29 is 4.74 Å². The number of nitrogens with zero attached hydrogens (tertiary/aromatic N) is 2. The normalized spacial score (nSPS) is 16.2. The molecule has 0 amide bonds. The highest BCUT2D eigenvalue weighted by molar-refractivity contribution is 7.80. The standard InChI is InChI=1S/C11H15N3OS/c1-8-2-3-9(10(12)16)11(13-8)14-4-6-15-7-5-14/h2-3H,4-7H2,1H3,(H2,12,16). The molecule has 0 spiro atoms. The quantitative estimate of drug-likeness (QED) is 0.773. The van der Waals surface area contributed by atoms with Gasteiger partial charge in [0.1, 0.15) is 10.8 Å². The van der Waals surface area contributed by atoms with Crippen molar-refractivity contribution in [3.05, 3.63) is 23.4 Å². The number of anilines is 1. The lowest BCUT2D eigenvalue weighted by molar-refractivity contribution is 0.122. The molecular weight excluding hydrogens is 222 g/mol. The van der Waals surface area contributed by atoms with Gasteiger partial charge in [-0.1, -0.05) is 12.2 Å². The summed E-state index contributed by atoms with van der Waals surface area (Å²) >= 11 is 5.04. The Hall–Kier alpha value is -1.20. The summed E-state index contributed by atoms with van der Waals surface area (Å²) in [5, 5.41) is 0. The Labute approximate surface area is 100 Å². The zero-order chi connectivity index (χ0) is 11.5. The molecule has 0 unspecified atom stereocenters. The summed E-state index contributed by atoms with van der Waals surface area (Å²) in [5.41, 5.74) is 7.53. The van der Waals surface area contributed by atoms with Gasteiger partial charge in [-0.15, -0.1) is 0 Å². The van der Waals surface area contributed by atoms with Crippen molar-refractivity contribution in [3.63, 3.8) is 0 Å². The molecule has 0 atom stereocenters. The van der Waals surface area contributed by atoms with E-state index in [1.807, 2.05) is 19.1 Å². The molecule has 16 heavy (non-hydrogen) atoms. The summed E-state index contributed by atoms with van der Waals surface area (Å²) in [6.45, 7) is 5.10. The van der Waals surface area contributed by atoms with E-state index < -0.39 is 0 Å². The van der Waals surface area contributed by atoms with Crippen LogP contribution in [0.2, 0.25) is 0 Å². The van der Waals surface area contributed by atoms with E-state index in [1.54, 1.807) is 0 Å². The Kier molecular flexibility index (Phi) is 3.36. The van der Waals surface area contributed by atoms with Crippen LogP contribution in [0, 0.1) is 6.92 Å². The van der Waals surface area contributed by atoms with E-state index in [4.69, 9.17) is 22.7 Å². The molecule has 4 nitrogen and oxygen atoms in total. The molecular formula is C11H15N3OS. The Bertz CT molecular complexity index is 402. The van der Waals surface area contributed by atoms with Gasteiger partial charge in [-0.25, -0.2) is 4.98 Å². The molecule has 0 aliphatic carbocycles. The van der Waals surface area contributed by atoms with Gasteiger partial charge in [0.05, 0.1) is 18.8 Å². The largest absolute Gasteiger partial charge is 0.389 e. The first-order chi connectivity index (χ1) is 7.68. The highest BCUT2D eigenvalue weighted by Crippen LogP contribution is 2.19. The maximum absolute atomic E-state index is 5.70. The number of aryl methyl sites for hydroxylation is 1. The number of ether oxygens (including phenoxy) is 1. The maximum atomic E-state index is 5.70. The summed E-state index contributed by atoms with van der Waals surface area (Å²) in [5.74, 6) is 0.885. The van der Waals surface area contributed by atoms with Gasteiger partial charge in [-0.3, -0.25) is 0 Å². The molecule has 1 aromatic heterocycles. The monoisotopic (exact) mass is 237 g/mol. The molecule has 1 saturated heterocycles. The van der Waals surface area contributed by atoms with Gasteiger partial charge in [0.15, 0.2) is 0 Å². The van der Waals surface area contributed by atoms with Crippen molar-refractivity contribution in [3.8, 4) is 0 Å². The van der Waals surface area contributed by atoms with Gasteiger partial charge in [0, 0.05) is 18.8 Å². The van der Waals surface area contributed by atoms with Crippen LogP contribution in [0.25, 0.3) is 0 Å². The number of nitrogens with two attached hydrogens (primary N) is 1. The predicted molar refractivity (Wildman–Crippen MR) is 67.9 cm³/mol. The van der Waals surface area contributed by atoms with Crippen LogP contribution in [0.4, 0.5) is 5.82 Å². The number of thiocarbonyl (C=S) groups is 1. The van der Waals surface area contributed by atoms with E-state index >= 15 is 0 Å². The second-order valence-electron chi connectivity index (χ2n) is 3.79. The van der Waals surface area contributed by atoms with E-state index in [2.05, 4.69) is 9.88 Å². The second-order valence-corrected chi connectivity index (χ2v) is 4.23. The number of aromatic nitrogens is 1. The molecule has 1 aliphatic heterocycles. The minimum absolute atomic E-state index is 0.397. The predicted octanol–water partition coefficient (Wildman–Crippen LogP) is 0.861. The number of hydrogen-bond acceptors (Lipinski definition) is 4. The molecule has 5 heteroatoms. The molecule has 0 saturated carbocycles. The first-order valence-electron chi connectivity index (χ1n) is 5.28. The van der Waals surface area contributed by atoms with Gasteiger partial charge < -0.3 is 15.4 Å². The van der Waals surface area contributed by atoms with E-state index in [1.165, 1.54) is 0 Å². The fourth-order valence-corrected chi connectivity index (χ4v) is 1.91. The Morgan fingerprint density at radius 1 is 1.44 bits per heavy atom. The molecule has 2 heterocycles. The van der Waals surface area contributed by atoms with Crippen molar-refractivity contribution in [2.75, 3.05) is 31.2 Å². The molecule has 86 valence electrons. The highest BCUT2D eigenvalue weighted by Gasteiger charge is 2.17. The van der Waals surface area contributed by atoms with E-state index in [9.17, 15) is 0 Å². The molecule has 0 bridgehead atoms. The molecule has 2 N–H and O–H groups in total. The Balaban J connectivity index is 2.36. The van der Waals surface area contributed by atoms with Crippen LogP contribution in [0.1, 0.15) is 11.3 Å². The summed E-state index contributed by atoms with van der Waals surface area (Å²) < 4.78 is 5.32. The average molecular weight is 237 g/mol. The van der Waals surface area contributed by atoms with E-state index in [0.717, 1.165) is 43.4 Å². The lowest BCUT2D eigenvalue weighted by Gasteiger charge is -2.29. The van der Waals surface area contributed by atoms with E-state index in [-0.39, 0.29) is 0 Å². The molecule has 1 fully saturated rings. The Morgan fingerprint density at radius 3 is 2.75 bits per heavy atom. The summed E-state index contributed by atoms with van der Waals surface area (Å²) in [4.78, 5) is 7.09. The van der Waals surface area contributed by atoms with Crippen molar-refractivity contribution in [2.45, 2.75) is 6.92 Å². The number of pyridine rings is 1. The third-order valence-corrected chi connectivity index (χ3v) is 2.81. The zero-order valence-corrected chi connectivity index (χ0v) is 10.1. The Morgan fingerprint density at radius 2 is 2.12 bits per heavy atom. The minimum atomic E-state index is 0.397. The van der Waals surface area contributed by atoms with Crippen LogP contribution in [-0.2, 0) is 4.74 Å². The topological polar surface area (TPSA) is 51.4 Å². The second kappa shape index (κ2) is 4.76. The van der Waals surface area contributed by atoms with Crippen molar-refractivity contribution in [1.82, 2.24) is 4.98 Å². The lowest BCUT2D eigenvalue weighted by Crippen LogP contribution is -2.38. The zero-order valence-electron chi connectivity index (χ0n) is 9.27. The third-order valence-electron chi connectivity index (χ3n) is 2.59. The van der Waals surface area contributed by atoms with Crippen LogP contribution in [0.15, 0.2) is 12.1 Å². The number of rotatable bonds is 2. The first kappa shape index (κ1) is 11.3. The van der Waals surface area contributed by atoms with Gasteiger partial charge in [-0.2, -0.15) is 0 Å². The van der Waals surface area contributed by atoms with Crippen molar-refractivity contribution in [1.29, 1.82) is 0 Å². The van der Waals surface area contributed by atoms with Gasteiger partial charge in [0.2, 0.25) is 0 Å². The summed E-state index contributed by atoms with van der Waals surface area (Å²) in [6, 6.07) is 3.87. The van der Waals surface area contributed by atoms with Crippen molar-refractivity contribution >= 4 is 23.0 Å². The maximum Gasteiger partial charge on any atom is 0.139 e. The van der Waals surface area contributed by atoms with Crippen LogP contribution >= 0.6 is 12.2 Å². The minimum Gasteiger partial charge on any atom is -0.389 e. The van der Waals surface area contributed by atoms with E-state index in [0.29, 0.717) is 4.99 Å². The summed E-state index contributed by atoms with van der Waals surface area (Å²) in [7, 11) is 0. The van der Waals surface area contributed by atoms with Crippen LogP contribution in [-0.4, -0.2) is 36.3 Å². The fraction of sp³-hybridized carbons (Fsp3) is 0.455. The highest BCUT2D eigenvalue weighted by atomic mass is 32.1. The lowest BCUT2D eigenvalue weighted by atomic mass is 10.2. The molecule has 1 aliphatic rings. The van der Waals surface area contributed by atoms with Crippen molar-refractivity contribution in [2.24, 2.45) is 5.73 Å². The average Bonchev–Trinajstić information content (AvgIpc) is 2.29. The van der Waals surface area contributed by atoms with Crippen LogP contribution in [0.3, 0.4) is 0 Å². The molecule has 1 aromatic rings. The summed E-state index contributed by atoms with van der Waals surface area (Å²) in [6.07, 6.45) is 0. The molecule has 0 radical (unpaired) electrons. The van der Waals surface area contributed by atoms with Gasteiger partial charge in [0.25, 0.3) is 0 Å². The fourth-order valence-electron chi connectivity index (χ4n) is 1.75. The molecule has 0 aromatic carbocycles. The smallest absolute Gasteiger partial charge is 0.139 e. The third kappa shape index (κ3) is 2.31. The number of hydrogen-bond donors (Lipinski definition) is 1. The van der Waals surface area contributed by atoms with Crippen LogP contribution < -0.4 is 10.6 Å². The van der Waals surface area contributed by atoms with Gasteiger partial charge in [-0.05, 0) is 19.1 Å².